The van der Waals surface area contributed by atoms with Gasteiger partial charge >= 0.3 is 17.9 Å². The van der Waals surface area contributed by atoms with Gasteiger partial charge in [-0.15, -0.1) is 0 Å². The standard InChI is InChI=1S/C72H138O6/c1-4-7-10-13-16-19-21-23-25-27-29-31-33-35-37-38-40-42-44-46-48-50-53-56-59-62-65-71(74)77-68-69(67-76-70(73)64-61-58-55-52-18-15-12-9-6-3)78-72(75)66-63-60-57-54-51-49-47-45-43-41-39-36-34-32-30-28-26-24-22-20-17-14-11-8-5-2/h28,30,69H,4-27,29,31-68H2,1-3H3/b30-28-. The van der Waals surface area contributed by atoms with Crippen LogP contribution in [0.15, 0.2) is 12.2 Å². The Labute approximate surface area is 488 Å². The number of rotatable bonds is 67. The van der Waals surface area contributed by atoms with Crippen LogP contribution in [-0.2, 0) is 28.6 Å². The summed E-state index contributed by atoms with van der Waals surface area (Å²) >= 11 is 0. The lowest BCUT2D eigenvalue weighted by atomic mass is 10.0. The molecule has 462 valence electrons. The molecular weight excluding hydrogens is 961 g/mol. The number of carbonyl (C=O) groups is 3. The van der Waals surface area contributed by atoms with Gasteiger partial charge in [0.2, 0.25) is 0 Å². The first-order chi connectivity index (χ1) is 38.5. The maximum atomic E-state index is 12.9. The first kappa shape index (κ1) is 76.1. The van der Waals surface area contributed by atoms with E-state index in [-0.39, 0.29) is 31.1 Å². The molecule has 0 spiro atoms. The zero-order valence-electron chi connectivity index (χ0n) is 53.2. The summed E-state index contributed by atoms with van der Waals surface area (Å²) < 4.78 is 16.9. The summed E-state index contributed by atoms with van der Waals surface area (Å²) in [5.41, 5.74) is 0. The maximum Gasteiger partial charge on any atom is 0.306 e. The minimum absolute atomic E-state index is 0.0631. The number of carbonyl (C=O) groups excluding carboxylic acids is 3. The lowest BCUT2D eigenvalue weighted by Gasteiger charge is -2.18. The van der Waals surface area contributed by atoms with Crippen LogP contribution in [0.25, 0.3) is 0 Å². The summed E-state index contributed by atoms with van der Waals surface area (Å²) in [7, 11) is 0. The molecule has 78 heavy (non-hydrogen) atoms. The predicted molar refractivity (Wildman–Crippen MR) is 340 cm³/mol. The number of hydrogen-bond donors (Lipinski definition) is 0. The molecule has 0 N–H and O–H groups in total. The molecule has 0 aliphatic carbocycles. The molecular formula is C72H138O6. The summed E-state index contributed by atoms with van der Waals surface area (Å²) in [5, 5.41) is 0. The van der Waals surface area contributed by atoms with E-state index in [0.717, 1.165) is 57.8 Å². The van der Waals surface area contributed by atoms with Crippen molar-refractivity contribution in [2.75, 3.05) is 13.2 Å². The highest BCUT2D eigenvalue weighted by Gasteiger charge is 2.19. The lowest BCUT2D eigenvalue weighted by Crippen LogP contribution is -2.30. The fraction of sp³-hybridized carbons (Fsp3) is 0.931. The number of esters is 3. The zero-order chi connectivity index (χ0) is 56.4. The van der Waals surface area contributed by atoms with Gasteiger partial charge in [0.15, 0.2) is 6.10 Å². The third-order valence-corrected chi connectivity index (χ3v) is 16.5. The fourth-order valence-corrected chi connectivity index (χ4v) is 11.2. The van der Waals surface area contributed by atoms with Gasteiger partial charge in [-0.05, 0) is 44.9 Å². The molecule has 6 nitrogen and oxygen atoms in total. The van der Waals surface area contributed by atoms with Crippen molar-refractivity contribution >= 4 is 17.9 Å². The normalized spacial score (nSPS) is 12.0. The Balaban J connectivity index is 4.08. The topological polar surface area (TPSA) is 78.9 Å². The summed E-state index contributed by atoms with van der Waals surface area (Å²) in [5.74, 6) is -0.833. The number of ether oxygens (including phenoxy) is 3. The minimum Gasteiger partial charge on any atom is -0.462 e. The summed E-state index contributed by atoms with van der Waals surface area (Å²) in [6, 6.07) is 0. The Bertz CT molecular complexity index is 1210. The molecule has 0 fully saturated rings. The number of hydrogen-bond acceptors (Lipinski definition) is 6. The molecule has 0 rings (SSSR count). The van der Waals surface area contributed by atoms with E-state index in [4.69, 9.17) is 14.2 Å². The van der Waals surface area contributed by atoms with E-state index in [0.29, 0.717) is 19.3 Å². The van der Waals surface area contributed by atoms with Crippen molar-refractivity contribution in [2.24, 2.45) is 0 Å². The van der Waals surface area contributed by atoms with Crippen molar-refractivity contribution in [2.45, 2.75) is 419 Å². The molecule has 0 saturated carbocycles. The first-order valence-electron chi connectivity index (χ1n) is 35.7. The quantitative estimate of drug-likeness (QED) is 0.0261. The van der Waals surface area contributed by atoms with Gasteiger partial charge in [0.1, 0.15) is 13.2 Å². The van der Waals surface area contributed by atoms with Gasteiger partial charge in [0.05, 0.1) is 0 Å². The summed E-state index contributed by atoms with van der Waals surface area (Å²) in [6.45, 7) is 6.71. The van der Waals surface area contributed by atoms with Crippen LogP contribution in [0.4, 0.5) is 0 Å². The van der Waals surface area contributed by atoms with Gasteiger partial charge in [-0.25, -0.2) is 0 Å². The Morgan fingerprint density at radius 2 is 0.423 bits per heavy atom. The van der Waals surface area contributed by atoms with Crippen LogP contribution < -0.4 is 0 Å². The molecule has 1 atom stereocenters. The third-order valence-electron chi connectivity index (χ3n) is 16.5. The number of allylic oxidation sites excluding steroid dienone is 2. The second-order valence-electron chi connectivity index (χ2n) is 24.5. The maximum absolute atomic E-state index is 12.9. The van der Waals surface area contributed by atoms with Gasteiger partial charge in [0, 0.05) is 19.3 Å². The Hall–Kier alpha value is -1.85. The molecule has 6 heteroatoms. The van der Waals surface area contributed by atoms with Gasteiger partial charge in [0.25, 0.3) is 0 Å². The van der Waals surface area contributed by atoms with E-state index in [2.05, 4.69) is 32.9 Å². The van der Waals surface area contributed by atoms with E-state index in [9.17, 15) is 14.4 Å². The second kappa shape index (κ2) is 67.7. The van der Waals surface area contributed by atoms with Crippen LogP contribution in [0.5, 0.6) is 0 Å². The summed E-state index contributed by atoms with van der Waals surface area (Å²) in [6.07, 6.45) is 81.2. The first-order valence-corrected chi connectivity index (χ1v) is 35.7. The summed E-state index contributed by atoms with van der Waals surface area (Å²) in [4.78, 5) is 38.3. The van der Waals surface area contributed by atoms with Crippen LogP contribution in [0.1, 0.15) is 412 Å². The molecule has 0 heterocycles. The Morgan fingerprint density at radius 3 is 0.641 bits per heavy atom. The zero-order valence-corrected chi connectivity index (χ0v) is 53.2. The largest absolute Gasteiger partial charge is 0.462 e. The second-order valence-corrected chi connectivity index (χ2v) is 24.5. The van der Waals surface area contributed by atoms with Crippen LogP contribution in [0, 0.1) is 0 Å². The molecule has 0 radical (unpaired) electrons. The molecule has 0 amide bonds. The molecule has 0 aromatic rings. The predicted octanol–water partition coefficient (Wildman–Crippen LogP) is 24.4. The average Bonchev–Trinajstić information content (AvgIpc) is 3.44. The van der Waals surface area contributed by atoms with Crippen LogP contribution >= 0.6 is 0 Å². The average molecular weight is 1100 g/mol. The van der Waals surface area contributed by atoms with Crippen molar-refractivity contribution in [3.05, 3.63) is 12.2 Å². The fourth-order valence-electron chi connectivity index (χ4n) is 11.2. The van der Waals surface area contributed by atoms with Gasteiger partial charge in [-0.3, -0.25) is 14.4 Å². The Kier molecular flexibility index (Phi) is 66.0. The highest BCUT2D eigenvalue weighted by molar-refractivity contribution is 5.71. The molecule has 0 aromatic heterocycles. The van der Waals surface area contributed by atoms with E-state index >= 15 is 0 Å². The van der Waals surface area contributed by atoms with Crippen molar-refractivity contribution in [3.63, 3.8) is 0 Å². The van der Waals surface area contributed by atoms with E-state index < -0.39 is 6.10 Å². The van der Waals surface area contributed by atoms with E-state index in [1.165, 1.54) is 315 Å². The number of unbranched alkanes of at least 4 members (excludes halogenated alkanes) is 54. The van der Waals surface area contributed by atoms with Crippen molar-refractivity contribution < 1.29 is 28.6 Å². The van der Waals surface area contributed by atoms with Gasteiger partial charge in [-0.2, -0.15) is 0 Å². The van der Waals surface area contributed by atoms with Crippen molar-refractivity contribution in [1.82, 2.24) is 0 Å². The van der Waals surface area contributed by atoms with Crippen molar-refractivity contribution in [3.8, 4) is 0 Å². The highest BCUT2D eigenvalue weighted by atomic mass is 16.6. The third kappa shape index (κ3) is 65.0. The molecule has 0 aliphatic rings. The minimum atomic E-state index is -0.765. The van der Waals surface area contributed by atoms with E-state index in [1.54, 1.807) is 0 Å². The molecule has 0 aliphatic heterocycles. The highest BCUT2D eigenvalue weighted by Crippen LogP contribution is 2.19. The SMILES string of the molecule is CCCCCCCCCC/C=C\CCCCCCCCCCCCCCCC(=O)OC(COC(=O)CCCCCCCCCCC)COC(=O)CCCCCCCCCCCCCCCCCCCCCCCCCCCC. The molecule has 1 unspecified atom stereocenters. The van der Waals surface area contributed by atoms with E-state index in [1.807, 2.05) is 0 Å². The molecule has 0 bridgehead atoms. The molecule has 0 aromatic carbocycles. The lowest BCUT2D eigenvalue weighted by molar-refractivity contribution is -0.167. The van der Waals surface area contributed by atoms with Crippen LogP contribution in [0.3, 0.4) is 0 Å². The van der Waals surface area contributed by atoms with Crippen LogP contribution in [-0.4, -0.2) is 37.2 Å². The van der Waals surface area contributed by atoms with Crippen LogP contribution in [0.2, 0.25) is 0 Å². The Morgan fingerprint density at radius 1 is 0.244 bits per heavy atom. The van der Waals surface area contributed by atoms with Gasteiger partial charge < -0.3 is 14.2 Å². The smallest absolute Gasteiger partial charge is 0.306 e. The monoisotopic (exact) mass is 1100 g/mol. The van der Waals surface area contributed by atoms with Crippen molar-refractivity contribution in [1.29, 1.82) is 0 Å². The van der Waals surface area contributed by atoms with Gasteiger partial charge in [-0.1, -0.05) is 360 Å². The molecule has 0 saturated heterocycles.